The lowest BCUT2D eigenvalue weighted by molar-refractivity contribution is 0.0437. The molecule has 5 nitrogen and oxygen atoms in total. The van der Waals surface area contributed by atoms with Crippen molar-refractivity contribution in [1.82, 2.24) is 9.80 Å². The molecule has 0 spiro atoms. The Kier molecular flexibility index (Phi) is 4.02. The van der Waals surface area contributed by atoms with E-state index in [2.05, 4.69) is 4.90 Å². The molecule has 118 valence electrons. The summed E-state index contributed by atoms with van der Waals surface area (Å²) < 4.78 is 0. The molecule has 5 heteroatoms. The summed E-state index contributed by atoms with van der Waals surface area (Å²) in [5.74, 6) is -0.384. The second-order valence-corrected chi connectivity index (χ2v) is 6.50. The average molecular weight is 302 g/mol. The van der Waals surface area contributed by atoms with Gasteiger partial charge in [-0.1, -0.05) is 12.1 Å². The van der Waals surface area contributed by atoms with E-state index in [0.717, 1.165) is 32.4 Å². The van der Waals surface area contributed by atoms with E-state index in [1.54, 1.807) is 24.3 Å². The van der Waals surface area contributed by atoms with Crippen molar-refractivity contribution < 1.29 is 14.7 Å². The first kappa shape index (κ1) is 15.2. The van der Waals surface area contributed by atoms with Crippen LogP contribution >= 0.6 is 0 Å². The number of carbonyl (C=O) groups is 2. The zero-order chi connectivity index (χ0) is 15.7. The Morgan fingerprint density at radius 1 is 1.05 bits per heavy atom. The molecule has 0 radical (unpaired) electrons. The minimum absolute atomic E-state index is 0.192. The molecule has 1 unspecified atom stereocenters. The normalized spacial score (nSPS) is 26.2. The van der Waals surface area contributed by atoms with E-state index >= 15 is 0 Å². The van der Waals surface area contributed by atoms with Gasteiger partial charge in [-0.25, -0.2) is 0 Å². The van der Waals surface area contributed by atoms with Gasteiger partial charge in [0.2, 0.25) is 0 Å². The predicted molar refractivity (Wildman–Crippen MR) is 82.7 cm³/mol. The van der Waals surface area contributed by atoms with Crippen molar-refractivity contribution in [3.8, 4) is 0 Å². The van der Waals surface area contributed by atoms with Crippen LogP contribution in [0.1, 0.15) is 46.9 Å². The van der Waals surface area contributed by atoms with Gasteiger partial charge < -0.3 is 10.0 Å². The number of nitrogens with zero attached hydrogens (tertiary/aromatic N) is 2. The fourth-order valence-electron chi connectivity index (χ4n) is 3.23. The van der Waals surface area contributed by atoms with Crippen LogP contribution in [-0.4, -0.2) is 58.5 Å². The minimum Gasteiger partial charge on any atom is -0.390 e. The standard InChI is InChI=1S/C17H22N2O3/c1-17(22)7-4-9-18(10-8-17)11-12-19-15(20)13-5-2-3-6-14(13)16(19)21/h2-3,5-6,22H,4,7-12H2,1H3. The number of amides is 2. The van der Waals surface area contributed by atoms with Gasteiger partial charge in [-0.15, -0.1) is 0 Å². The highest BCUT2D eigenvalue weighted by Gasteiger charge is 2.35. The number of hydrogen-bond donors (Lipinski definition) is 1. The van der Waals surface area contributed by atoms with E-state index in [1.807, 2.05) is 6.92 Å². The number of benzene rings is 1. The van der Waals surface area contributed by atoms with E-state index in [9.17, 15) is 14.7 Å². The fraction of sp³-hybridized carbons (Fsp3) is 0.529. The van der Waals surface area contributed by atoms with Crippen molar-refractivity contribution >= 4 is 11.8 Å². The summed E-state index contributed by atoms with van der Waals surface area (Å²) >= 11 is 0. The smallest absolute Gasteiger partial charge is 0.261 e. The molecule has 1 aromatic carbocycles. The third kappa shape index (κ3) is 2.91. The molecule has 1 saturated heterocycles. The van der Waals surface area contributed by atoms with Crippen LogP contribution in [0.5, 0.6) is 0 Å². The van der Waals surface area contributed by atoms with Crippen LogP contribution in [0.4, 0.5) is 0 Å². The zero-order valence-corrected chi connectivity index (χ0v) is 12.9. The van der Waals surface area contributed by atoms with Crippen molar-refractivity contribution in [2.24, 2.45) is 0 Å². The van der Waals surface area contributed by atoms with Gasteiger partial charge in [0.1, 0.15) is 0 Å². The Hall–Kier alpha value is -1.72. The molecular formula is C17H22N2O3. The summed E-state index contributed by atoms with van der Waals surface area (Å²) in [4.78, 5) is 28.2. The Balaban J connectivity index is 1.61. The SMILES string of the molecule is CC1(O)CCCN(CCN2C(=O)c3ccccc3C2=O)CC1. The van der Waals surface area contributed by atoms with E-state index in [1.165, 1.54) is 4.90 Å². The summed E-state index contributed by atoms with van der Waals surface area (Å²) in [6.07, 6.45) is 2.47. The number of aliphatic hydroxyl groups is 1. The molecule has 0 aliphatic carbocycles. The maximum absolute atomic E-state index is 12.3. The highest BCUT2D eigenvalue weighted by molar-refractivity contribution is 6.21. The third-order valence-corrected chi connectivity index (χ3v) is 4.67. The van der Waals surface area contributed by atoms with E-state index in [0.29, 0.717) is 24.2 Å². The minimum atomic E-state index is -0.593. The zero-order valence-electron chi connectivity index (χ0n) is 12.9. The first-order valence-electron chi connectivity index (χ1n) is 7.88. The van der Waals surface area contributed by atoms with Crippen molar-refractivity contribution in [1.29, 1.82) is 0 Å². The maximum Gasteiger partial charge on any atom is 0.261 e. The highest BCUT2D eigenvalue weighted by Crippen LogP contribution is 2.23. The van der Waals surface area contributed by atoms with Crippen LogP contribution in [-0.2, 0) is 0 Å². The Morgan fingerprint density at radius 3 is 2.32 bits per heavy atom. The molecule has 3 rings (SSSR count). The Labute approximate surface area is 130 Å². The molecule has 1 N–H and O–H groups in total. The number of likely N-dealkylation sites (tertiary alicyclic amines) is 1. The lowest BCUT2D eigenvalue weighted by Crippen LogP contribution is -2.39. The molecule has 0 bridgehead atoms. The molecule has 1 fully saturated rings. The Morgan fingerprint density at radius 2 is 1.68 bits per heavy atom. The third-order valence-electron chi connectivity index (χ3n) is 4.67. The first-order chi connectivity index (χ1) is 10.5. The summed E-state index contributed by atoms with van der Waals surface area (Å²) in [5, 5.41) is 10.1. The number of imide groups is 1. The number of fused-ring (bicyclic) bond motifs is 1. The molecule has 22 heavy (non-hydrogen) atoms. The summed E-state index contributed by atoms with van der Waals surface area (Å²) in [5.41, 5.74) is 0.419. The van der Waals surface area contributed by atoms with E-state index in [4.69, 9.17) is 0 Å². The van der Waals surface area contributed by atoms with Gasteiger partial charge in [0.25, 0.3) is 11.8 Å². The van der Waals surface area contributed by atoms with Crippen LogP contribution in [0.15, 0.2) is 24.3 Å². The van der Waals surface area contributed by atoms with Crippen LogP contribution in [0, 0.1) is 0 Å². The van der Waals surface area contributed by atoms with Crippen LogP contribution < -0.4 is 0 Å². The molecule has 2 aliphatic heterocycles. The number of carbonyl (C=O) groups excluding carboxylic acids is 2. The second-order valence-electron chi connectivity index (χ2n) is 6.50. The summed E-state index contributed by atoms with van der Waals surface area (Å²) in [6, 6.07) is 6.98. The maximum atomic E-state index is 12.3. The summed E-state index contributed by atoms with van der Waals surface area (Å²) in [7, 11) is 0. The molecule has 1 atom stereocenters. The molecule has 2 aliphatic rings. The van der Waals surface area contributed by atoms with Crippen LogP contribution in [0.2, 0.25) is 0 Å². The van der Waals surface area contributed by atoms with Crippen LogP contribution in [0.25, 0.3) is 0 Å². The van der Waals surface area contributed by atoms with Gasteiger partial charge in [-0.2, -0.15) is 0 Å². The molecule has 0 aromatic heterocycles. The Bertz CT molecular complexity index is 562. The van der Waals surface area contributed by atoms with Crippen molar-refractivity contribution in [2.45, 2.75) is 31.8 Å². The first-order valence-corrected chi connectivity index (χ1v) is 7.88. The van der Waals surface area contributed by atoms with Crippen LogP contribution in [0.3, 0.4) is 0 Å². The topological polar surface area (TPSA) is 60.9 Å². The van der Waals surface area contributed by atoms with Crippen molar-refractivity contribution in [3.63, 3.8) is 0 Å². The predicted octanol–water partition coefficient (Wildman–Crippen LogP) is 1.52. The van der Waals surface area contributed by atoms with E-state index < -0.39 is 5.60 Å². The molecular weight excluding hydrogens is 280 g/mol. The summed E-state index contributed by atoms with van der Waals surface area (Å²) in [6.45, 7) is 4.66. The number of hydrogen-bond acceptors (Lipinski definition) is 4. The molecule has 2 heterocycles. The van der Waals surface area contributed by atoms with Crippen molar-refractivity contribution in [2.75, 3.05) is 26.2 Å². The van der Waals surface area contributed by atoms with Gasteiger partial charge in [0.05, 0.1) is 16.7 Å². The largest absolute Gasteiger partial charge is 0.390 e. The van der Waals surface area contributed by atoms with Gasteiger partial charge in [0, 0.05) is 19.6 Å². The molecule has 1 aromatic rings. The van der Waals surface area contributed by atoms with Gasteiger partial charge in [-0.05, 0) is 44.9 Å². The quantitative estimate of drug-likeness (QED) is 0.860. The average Bonchev–Trinajstić information content (AvgIpc) is 2.62. The highest BCUT2D eigenvalue weighted by atomic mass is 16.3. The van der Waals surface area contributed by atoms with E-state index in [-0.39, 0.29) is 11.8 Å². The van der Waals surface area contributed by atoms with Crippen molar-refractivity contribution in [3.05, 3.63) is 35.4 Å². The molecule has 2 amide bonds. The lowest BCUT2D eigenvalue weighted by Gasteiger charge is -2.24. The second kappa shape index (κ2) is 5.82. The lowest BCUT2D eigenvalue weighted by atomic mass is 9.98. The fourth-order valence-corrected chi connectivity index (χ4v) is 3.23. The van der Waals surface area contributed by atoms with Gasteiger partial charge in [0.15, 0.2) is 0 Å². The van der Waals surface area contributed by atoms with Gasteiger partial charge >= 0.3 is 0 Å². The monoisotopic (exact) mass is 302 g/mol. The molecule has 0 saturated carbocycles. The number of rotatable bonds is 3. The van der Waals surface area contributed by atoms with Gasteiger partial charge in [-0.3, -0.25) is 14.5 Å².